The Labute approximate surface area is 128 Å². The zero-order valence-corrected chi connectivity index (χ0v) is 13.2. The summed E-state index contributed by atoms with van der Waals surface area (Å²) in [5.74, 6) is -1.73. The summed E-state index contributed by atoms with van der Waals surface area (Å²) < 4.78 is 58.9. The van der Waals surface area contributed by atoms with Crippen LogP contribution in [0.3, 0.4) is 0 Å². The van der Waals surface area contributed by atoms with Gasteiger partial charge in [0.1, 0.15) is 22.1 Å². The standard InChI is InChI=1S/C12H11BrF2N2O3S/c1-6-11(4-8(5-16)20-6)21(18,19)17-12-9(14)2-7(13)3-10(12)15/h2-4,17H,5,16H2,1H3. The number of hydrogen-bond donors (Lipinski definition) is 2. The van der Waals surface area contributed by atoms with Crippen molar-refractivity contribution in [1.29, 1.82) is 0 Å². The minimum atomic E-state index is -4.19. The second-order valence-electron chi connectivity index (χ2n) is 4.19. The number of nitrogens with two attached hydrogens (primary N) is 1. The summed E-state index contributed by atoms with van der Waals surface area (Å²) in [5, 5.41) is 0. The van der Waals surface area contributed by atoms with Gasteiger partial charge in [-0.1, -0.05) is 15.9 Å². The third-order valence-corrected chi connectivity index (χ3v) is 4.57. The van der Waals surface area contributed by atoms with Gasteiger partial charge >= 0.3 is 0 Å². The van der Waals surface area contributed by atoms with E-state index in [4.69, 9.17) is 10.2 Å². The van der Waals surface area contributed by atoms with Crippen LogP contribution in [0.1, 0.15) is 11.5 Å². The van der Waals surface area contributed by atoms with E-state index in [-0.39, 0.29) is 27.4 Å². The van der Waals surface area contributed by atoms with Gasteiger partial charge in [0.2, 0.25) is 0 Å². The van der Waals surface area contributed by atoms with Crippen LogP contribution < -0.4 is 10.5 Å². The third-order valence-electron chi connectivity index (χ3n) is 2.66. The molecule has 0 aliphatic rings. The molecular weight excluding hydrogens is 370 g/mol. The molecule has 5 nitrogen and oxygen atoms in total. The Balaban J connectivity index is 2.44. The number of furan rings is 1. The Morgan fingerprint density at radius 3 is 2.33 bits per heavy atom. The molecular formula is C12H11BrF2N2O3S. The molecule has 0 spiro atoms. The first kappa shape index (κ1) is 15.9. The molecule has 0 saturated carbocycles. The molecule has 9 heteroatoms. The zero-order valence-electron chi connectivity index (χ0n) is 10.8. The lowest BCUT2D eigenvalue weighted by molar-refractivity contribution is 0.479. The lowest BCUT2D eigenvalue weighted by Gasteiger charge is -2.09. The fraction of sp³-hybridized carbons (Fsp3) is 0.167. The number of sulfonamides is 1. The maximum Gasteiger partial charge on any atom is 0.265 e. The van der Waals surface area contributed by atoms with E-state index in [9.17, 15) is 17.2 Å². The van der Waals surface area contributed by atoms with E-state index in [1.54, 1.807) is 0 Å². The van der Waals surface area contributed by atoms with Gasteiger partial charge < -0.3 is 10.2 Å². The molecule has 0 aliphatic carbocycles. The van der Waals surface area contributed by atoms with Crippen molar-refractivity contribution in [2.75, 3.05) is 4.72 Å². The van der Waals surface area contributed by atoms with Gasteiger partial charge in [-0.15, -0.1) is 0 Å². The Bertz CT molecular complexity index is 767. The van der Waals surface area contributed by atoms with Crippen molar-refractivity contribution in [3.05, 3.63) is 45.8 Å². The van der Waals surface area contributed by atoms with Crippen molar-refractivity contribution < 1.29 is 21.6 Å². The lowest BCUT2D eigenvalue weighted by Crippen LogP contribution is -2.15. The van der Waals surface area contributed by atoms with Crippen LogP contribution in [0.5, 0.6) is 0 Å². The summed E-state index contributed by atoms with van der Waals surface area (Å²) in [4.78, 5) is -0.218. The minimum absolute atomic E-state index is 0.0113. The number of rotatable bonds is 4. The predicted octanol–water partition coefficient (Wildman–Crippen LogP) is 2.89. The smallest absolute Gasteiger partial charge is 0.265 e. The van der Waals surface area contributed by atoms with Gasteiger partial charge in [-0.05, 0) is 19.1 Å². The van der Waals surface area contributed by atoms with Gasteiger partial charge in [-0.3, -0.25) is 4.72 Å². The van der Waals surface area contributed by atoms with E-state index in [1.807, 2.05) is 4.72 Å². The van der Waals surface area contributed by atoms with Crippen molar-refractivity contribution in [3.63, 3.8) is 0 Å². The summed E-state index contributed by atoms with van der Waals surface area (Å²) in [6.07, 6.45) is 0. The van der Waals surface area contributed by atoms with Crippen molar-refractivity contribution in [2.45, 2.75) is 18.4 Å². The molecule has 3 N–H and O–H groups in total. The van der Waals surface area contributed by atoms with Gasteiger partial charge in [0.05, 0.1) is 6.54 Å². The maximum atomic E-state index is 13.7. The van der Waals surface area contributed by atoms with E-state index in [0.717, 1.165) is 12.1 Å². The quantitative estimate of drug-likeness (QED) is 0.853. The zero-order chi connectivity index (χ0) is 15.8. The highest BCUT2D eigenvalue weighted by Gasteiger charge is 2.24. The van der Waals surface area contributed by atoms with Crippen molar-refractivity contribution in [2.24, 2.45) is 5.73 Å². The fourth-order valence-corrected chi connectivity index (χ4v) is 3.40. The average molecular weight is 381 g/mol. The molecule has 1 aromatic heterocycles. The monoisotopic (exact) mass is 380 g/mol. The molecule has 21 heavy (non-hydrogen) atoms. The molecule has 0 bridgehead atoms. The van der Waals surface area contributed by atoms with Crippen molar-refractivity contribution in [1.82, 2.24) is 0 Å². The molecule has 0 unspecified atom stereocenters. The van der Waals surface area contributed by atoms with Crippen LogP contribution in [0.2, 0.25) is 0 Å². The summed E-state index contributed by atoms with van der Waals surface area (Å²) in [6, 6.07) is 3.12. The molecule has 0 fully saturated rings. The molecule has 0 aliphatic heterocycles. The molecule has 1 aromatic carbocycles. The molecule has 2 aromatic rings. The van der Waals surface area contributed by atoms with E-state index >= 15 is 0 Å². The molecule has 1 heterocycles. The summed E-state index contributed by atoms with van der Waals surface area (Å²) in [5.41, 5.74) is 4.60. The van der Waals surface area contributed by atoms with E-state index in [2.05, 4.69) is 15.9 Å². The van der Waals surface area contributed by atoms with Gasteiger partial charge in [0, 0.05) is 10.5 Å². The van der Waals surface area contributed by atoms with Gasteiger partial charge in [-0.25, -0.2) is 17.2 Å². The predicted molar refractivity (Wildman–Crippen MR) is 76.2 cm³/mol. The van der Waals surface area contributed by atoms with Crippen LogP contribution in [-0.2, 0) is 16.6 Å². The second-order valence-corrected chi connectivity index (χ2v) is 6.75. The Morgan fingerprint density at radius 1 is 1.29 bits per heavy atom. The average Bonchev–Trinajstić information content (AvgIpc) is 2.76. The molecule has 0 atom stereocenters. The number of halogens is 3. The van der Waals surface area contributed by atoms with Gasteiger partial charge in [0.25, 0.3) is 10.0 Å². The van der Waals surface area contributed by atoms with Gasteiger partial charge in [-0.2, -0.15) is 0 Å². The summed E-state index contributed by atoms with van der Waals surface area (Å²) >= 11 is 2.91. The fourth-order valence-electron chi connectivity index (χ4n) is 1.72. The highest BCUT2D eigenvalue weighted by molar-refractivity contribution is 9.10. The molecule has 2 rings (SSSR count). The molecule has 0 radical (unpaired) electrons. The van der Waals surface area contributed by atoms with Crippen LogP contribution in [0, 0.1) is 18.6 Å². The summed E-state index contributed by atoms with van der Waals surface area (Å²) in [6.45, 7) is 1.43. The Morgan fingerprint density at radius 2 is 1.86 bits per heavy atom. The highest BCUT2D eigenvalue weighted by Crippen LogP contribution is 2.28. The number of anilines is 1. The largest absolute Gasteiger partial charge is 0.464 e. The lowest BCUT2D eigenvalue weighted by atomic mass is 10.3. The molecule has 0 amide bonds. The number of aryl methyl sites for hydroxylation is 1. The summed E-state index contributed by atoms with van der Waals surface area (Å²) in [7, 11) is -4.19. The normalized spacial score (nSPS) is 11.7. The van der Waals surface area contributed by atoms with E-state index in [1.165, 1.54) is 13.0 Å². The minimum Gasteiger partial charge on any atom is -0.464 e. The van der Waals surface area contributed by atoms with Crippen LogP contribution in [0.4, 0.5) is 14.5 Å². The van der Waals surface area contributed by atoms with Crippen molar-refractivity contribution in [3.8, 4) is 0 Å². The van der Waals surface area contributed by atoms with Crippen LogP contribution in [-0.4, -0.2) is 8.42 Å². The molecule has 114 valence electrons. The van der Waals surface area contributed by atoms with Crippen LogP contribution in [0.15, 0.2) is 32.0 Å². The number of nitrogens with one attached hydrogen (secondary N) is 1. The topological polar surface area (TPSA) is 85.3 Å². The van der Waals surface area contributed by atoms with Gasteiger partial charge in [0.15, 0.2) is 11.6 Å². The first-order valence-electron chi connectivity index (χ1n) is 5.71. The maximum absolute atomic E-state index is 13.7. The third kappa shape index (κ3) is 3.25. The highest BCUT2D eigenvalue weighted by atomic mass is 79.9. The van der Waals surface area contributed by atoms with Crippen LogP contribution >= 0.6 is 15.9 Å². The Hall–Kier alpha value is -1.45. The van der Waals surface area contributed by atoms with Crippen molar-refractivity contribution >= 4 is 31.6 Å². The number of benzene rings is 1. The Kier molecular flexibility index (Phi) is 4.35. The van der Waals surface area contributed by atoms with E-state index < -0.39 is 27.3 Å². The molecule has 0 saturated heterocycles. The first-order chi connectivity index (χ1) is 9.74. The van der Waals surface area contributed by atoms with Crippen LogP contribution in [0.25, 0.3) is 0 Å². The first-order valence-corrected chi connectivity index (χ1v) is 7.99. The second kappa shape index (κ2) is 5.74. The van der Waals surface area contributed by atoms with E-state index in [0.29, 0.717) is 0 Å². The SMILES string of the molecule is Cc1oc(CN)cc1S(=O)(=O)Nc1c(F)cc(Br)cc1F. The number of hydrogen-bond acceptors (Lipinski definition) is 4.